The molecule has 2 heterocycles. The molecule has 0 bridgehead atoms. The lowest BCUT2D eigenvalue weighted by atomic mass is 9.80. The molecule has 0 radical (unpaired) electrons. The van der Waals surface area contributed by atoms with Gasteiger partial charge in [-0.05, 0) is 36.8 Å². The number of aliphatic hydroxyl groups is 1. The van der Waals surface area contributed by atoms with E-state index in [1.165, 1.54) is 0 Å². The number of ether oxygens (including phenoxy) is 1. The minimum atomic E-state index is -1.29. The number of hydrogen-bond donors (Lipinski definition) is 1. The van der Waals surface area contributed by atoms with Crippen molar-refractivity contribution in [3.05, 3.63) is 83.9 Å². The smallest absolute Gasteiger partial charge is 0.150 e. The highest BCUT2D eigenvalue weighted by atomic mass is 32.2. The summed E-state index contributed by atoms with van der Waals surface area (Å²) in [5, 5.41) is 21.1. The molecule has 0 aliphatic carbocycles. The summed E-state index contributed by atoms with van der Waals surface area (Å²) in [6, 6.07) is 23.4. The molecule has 0 unspecified atom stereocenters. The lowest BCUT2D eigenvalue weighted by molar-refractivity contribution is 0.0108. The van der Waals surface area contributed by atoms with Crippen LogP contribution in [0.5, 0.6) is 5.75 Å². The van der Waals surface area contributed by atoms with Gasteiger partial charge < -0.3 is 9.84 Å². The Kier molecular flexibility index (Phi) is 3.76. The van der Waals surface area contributed by atoms with E-state index >= 15 is 0 Å². The summed E-state index contributed by atoms with van der Waals surface area (Å²) in [6.07, 6.45) is 0. The molecule has 2 atom stereocenters. The van der Waals surface area contributed by atoms with Crippen LogP contribution in [0, 0.1) is 0 Å². The number of rotatable bonds is 3. The summed E-state index contributed by atoms with van der Waals surface area (Å²) in [7, 11) is 1.65. The van der Waals surface area contributed by atoms with Crippen LogP contribution in [-0.2, 0) is 10.5 Å². The number of para-hydroxylation sites is 1. The topological polar surface area (TPSA) is 60.2 Å². The maximum Gasteiger partial charge on any atom is 0.150 e. The van der Waals surface area contributed by atoms with E-state index in [1.807, 2.05) is 84.4 Å². The van der Waals surface area contributed by atoms with Crippen LogP contribution in [0.25, 0.3) is 11.0 Å². The van der Waals surface area contributed by atoms with E-state index in [2.05, 4.69) is 10.3 Å². The van der Waals surface area contributed by atoms with Crippen LogP contribution in [0.15, 0.2) is 77.7 Å². The van der Waals surface area contributed by atoms with E-state index in [4.69, 9.17) is 4.74 Å². The van der Waals surface area contributed by atoms with E-state index < -0.39 is 10.5 Å². The summed E-state index contributed by atoms with van der Waals surface area (Å²) in [5.74, 6) is 0.759. The molecule has 1 aliphatic heterocycles. The number of fused-ring (bicyclic) bond motifs is 2. The van der Waals surface area contributed by atoms with Gasteiger partial charge in [-0.3, -0.25) is 0 Å². The Morgan fingerprint density at radius 2 is 1.75 bits per heavy atom. The largest absolute Gasteiger partial charge is 0.497 e. The summed E-state index contributed by atoms with van der Waals surface area (Å²) in [6.45, 7) is 2.01. The minimum absolute atomic E-state index is 0.759. The van der Waals surface area contributed by atoms with Crippen molar-refractivity contribution in [1.29, 1.82) is 0 Å². The van der Waals surface area contributed by atoms with Crippen molar-refractivity contribution in [2.75, 3.05) is 7.11 Å². The molecular weight excluding hydrogens is 370 g/mol. The zero-order valence-corrected chi connectivity index (χ0v) is 16.4. The van der Waals surface area contributed by atoms with Crippen LogP contribution in [0.3, 0.4) is 0 Å². The van der Waals surface area contributed by atoms with Gasteiger partial charge in [0.25, 0.3) is 0 Å². The Bertz CT molecular complexity index is 1180. The van der Waals surface area contributed by atoms with Crippen molar-refractivity contribution in [3.63, 3.8) is 0 Å². The van der Waals surface area contributed by atoms with Crippen molar-refractivity contribution >= 4 is 22.8 Å². The van der Waals surface area contributed by atoms with Crippen molar-refractivity contribution in [1.82, 2.24) is 15.0 Å². The second-order valence-corrected chi connectivity index (χ2v) is 8.45. The molecule has 5 rings (SSSR count). The van der Waals surface area contributed by atoms with Crippen LogP contribution in [0.4, 0.5) is 0 Å². The third kappa shape index (κ3) is 2.19. The first-order chi connectivity index (χ1) is 13.6. The molecule has 6 heteroatoms. The molecule has 0 spiro atoms. The second-order valence-electron chi connectivity index (χ2n) is 7.01. The van der Waals surface area contributed by atoms with Crippen molar-refractivity contribution in [2.45, 2.75) is 22.3 Å². The molecular formula is C22H19N3O2S. The van der Waals surface area contributed by atoms with Gasteiger partial charge in [-0.15, -0.1) is 5.10 Å². The maximum atomic E-state index is 12.3. The third-order valence-corrected chi connectivity index (χ3v) is 6.93. The molecule has 1 aliphatic rings. The SMILES string of the molecule is COc1ccc2c(c1)S[C@@](C)(n1nnc3ccccc31)[C@]2(O)c1ccccc1. The molecule has 140 valence electrons. The van der Waals surface area contributed by atoms with Crippen LogP contribution < -0.4 is 4.74 Å². The summed E-state index contributed by atoms with van der Waals surface area (Å²) in [5.41, 5.74) is 2.04. The predicted octanol–water partition coefficient (Wildman–Crippen LogP) is 4.15. The van der Waals surface area contributed by atoms with E-state index in [9.17, 15) is 5.11 Å². The monoisotopic (exact) mass is 389 g/mol. The first kappa shape index (κ1) is 17.3. The highest BCUT2D eigenvalue weighted by Crippen LogP contribution is 2.61. The maximum absolute atomic E-state index is 12.3. The van der Waals surface area contributed by atoms with Gasteiger partial charge in [0, 0.05) is 10.5 Å². The van der Waals surface area contributed by atoms with Gasteiger partial charge in [0.15, 0.2) is 5.60 Å². The fourth-order valence-corrected chi connectivity index (χ4v) is 5.56. The highest BCUT2D eigenvalue weighted by molar-refractivity contribution is 8.00. The van der Waals surface area contributed by atoms with Crippen LogP contribution in [-0.4, -0.2) is 27.2 Å². The zero-order valence-electron chi connectivity index (χ0n) is 15.5. The van der Waals surface area contributed by atoms with Crippen molar-refractivity contribution in [2.24, 2.45) is 0 Å². The minimum Gasteiger partial charge on any atom is -0.497 e. The molecule has 1 aromatic heterocycles. The first-order valence-corrected chi connectivity index (χ1v) is 9.86. The molecule has 28 heavy (non-hydrogen) atoms. The molecule has 1 N–H and O–H groups in total. The highest BCUT2D eigenvalue weighted by Gasteiger charge is 2.59. The quantitative estimate of drug-likeness (QED) is 0.570. The number of methoxy groups -OCH3 is 1. The average molecular weight is 389 g/mol. The fourth-order valence-electron chi connectivity index (χ4n) is 4.03. The van der Waals surface area contributed by atoms with Gasteiger partial charge in [0.1, 0.15) is 16.1 Å². The number of hydrogen-bond acceptors (Lipinski definition) is 5. The van der Waals surface area contributed by atoms with E-state index in [1.54, 1.807) is 18.9 Å². The van der Waals surface area contributed by atoms with Crippen molar-refractivity contribution < 1.29 is 9.84 Å². The van der Waals surface area contributed by atoms with Crippen LogP contribution >= 0.6 is 11.8 Å². The number of benzene rings is 3. The average Bonchev–Trinajstić information content (AvgIpc) is 3.27. The van der Waals surface area contributed by atoms with E-state index in [0.29, 0.717) is 0 Å². The van der Waals surface area contributed by atoms with Gasteiger partial charge >= 0.3 is 0 Å². The fraction of sp³-hybridized carbons (Fsp3) is 0.182. The Labute approximate surface area is 167 Å². The van der Waals surface area contributed by atoms with Gasteiger partial charge in [0.05, 0.1) is 12.6 Å². The van der Waals surface area contributed by atoms with E-state index in [-0.39, 0.29) is 0 Å². The summed E-state index contributed by atoms with van der Waals surface area (Å²) >= 11 is 1.57. The number of nitrogens with zero attached hydrogens (tertiary/aromatic N) is 3. The second kappa shape index (κ2) is 6.09. The predicted molar refractivity (Wildman–Crippen MR) is 109 cm³/mol. The first-order valence-electron chi connectivity index (χ1n) is 9.04. The normalized spacial score (nSPS) is 23.7. The van der Waals surface area contributed by atoms with Crippen LogP contribution in [0.2, 0.25) is 0 Å². The van der Waals surface area contributed by atoms with Crippen LogP contribution in [0.1, 0.15) is 18.1 Å². The summed E-state index contributed by atoms with van der Waals surface area (Å²) < 4.78 is 7.25. The molecule has 0 fully saturated rings. The Hall–Kier alpha value is -2.83. The lowest BCUT2D eigenvalue weighted by Gasteiger charge is -2.39. The summed E-state index contributed by atoms with van der Waals surface area (Å²) in [4.78, 5) is 0.131. The molecule has 3 aromatic carbocycles. The number of thioether (sulfide) groups is 1. The molecule has 0 amide bonds. The lowest BCUT2D eigenvalue weighted by Crippen LogP contribution is -2.47. The molecule has 0 saturated carbocycles. The van der Waals surface area contributed by atoms with Gasteiger partial charge in [-0.2, -0.15) is 0 Å². The third-order valence-electron chi connectivity index (χ3n) is 5.51. The van der Waals surface area contributed by atoms with Gasteiger partial charge in [-0.1, -0.05) is 65.5 Å². The standard InChI is InChI=1S/C22H19N3O2S/c1-21(25-19-11-7-6-10-18(19)23-24-25)22(26,15-8-4-3-5-9-15)17-13-12-16(27-2)14-20(17)28-21/h3-14,26H,1-2H3/t21-,22+/m1/s1. The Morgan fingerprint density at radius 3 is 2.54 bits per heavy atom. The number of aromatic nitrogens is 3. The Balaban J connectivity index is 1.81. The van der Waals surface area contributed by atoms with Gasteiger partial charge in [0.2, 0.25) is 0 Å². The van der Waals surface area contributed by atoms with Gasteiger partial charge in [-0.25, -0.2) is 4.68 Å². The van der Waals surface area contributed by atoms with E-state index in [0.717, 1.165) is 32.8 Å². The molecule has 0 saturated heterocycles. The zero-order chi connectivity index (χ0) is 19.4. The van der Waals surface area contributed by atoms with Crippen molar-refractivity contribution in [3.8, 4) is 5.75 Å². The molecule has 5 nitrogen and oxygen atoms in total. The Morgan fingerprint density at radius 1 is 1.00 bits per heavy atom. The molecule has 4 aromatic rings.